The van der Waals surface area contributed by atoms with E-state index in [0.29, 0.717) is 12.8 Å². The van der Waals surface area contributed by atoms with Crippen molar-refractivity contribution in [2.45, 2.75) is 174 Å². The first-order valence-corrected chi connectivity index (χ1v) is 14.5. The van der Waals surface area contributed by atoms with Gasteiger partial charge in [-0.05, 0) is 12.8 Å². The molecule has 0 aromatic heterocycles. The number of carboxylic acid groups (broad SMARTS) is 2. The fraction of sp³-hybridized carbons (Fsp3) is 0.931. The molecule has 4 nitrogen and oxygen atoms in total. The van der Waals surface area contributed by atoms with Crippen molar-refractivity contribution < 1.29 is 19.8 Å². The highest BCUT2D eigenvalue weighted by atomic mass is 16.4. The molecule has 0 rings (SSSR count). The van der Waals surface area contributed by atoms with Gasteiger partial charge in [-0.3, -0.25) is 9.59 Å². The molecule has 2 N–H and O–H groups in total. The van der Waals surface area contributed by atoms with Crippen molar-refractivity contribution in [2.24, 2.45) is 0 Å². The zero-order chi connectivity index (χ0) is 24.8. The zero-order valence-corrected chi connectivity index (χ0v) is 22.4. The Bertz CT molecular complexity index is 395. The summed E-state index contributed by atoms with van der Waals surface area (Å²) in [7, 11) is 0. The highest BCUT2D eigenvalue weighted by Gasteiger charge is 1.97. The Morgan fingerprint density at radius 3 is 0.727 bits per heavy atom. The number of carboxylic acids is 2. The van der Waals surface area contributed by atoms with Crippen molar-refractivity contribution >= 4 is 11.9 Å². The standard InChI is InChI=1S/C15H30O2.C14H28O2/c1-2-3-4-5-6-7-8-9-10-11-12-13-14-15(16)17;1-2-3-4-5-6-7-8-9-10-11-12-13-14(15)16/h2-14H2,1H3,(H,16,17);2-13H2,1H3,(H,15,16). The molecule has 0 aliphatic carbocycles. The maximum Gasteiger partial charge on any atom is 0.303 e. The van der Waals surface area contributed by atoms with Gasteiger partial charge in [0.1, 0.15) is 0 Å². The molecular weight excluding hydrogens is 412 g/mol. The minimum absolute atomic E-state index is 0.344. The predicted molar refractivity (Wildman–Crippen MR) is 142 cm³/mol. The average Bonchev–Trinajstić information content (AvgIpc) is 2.78. The van der Waals surface area contributed by atoms with Crippen molar-refractivity contribution in [2.75, 3.05) is 0 Å². The van der Waals surface area contributed by atoms with Crippen LogP contribution in [0.4, 0.5) is 0 Å². The lowest BCUT2D eigenvalue weighted by Crippen LogP contribution is -1.93. The minimum atomic E-state index is -0.657. The van der Waals surface area contributed by atoms with Crippen LogP contribution >= 0.6 is 0 Å². The molecule has 0 bridgehead atoms. The molecule has 0 fully saturated rings. The van der Waals surface area contributed by atoms with Crippen LogP contribution in [0.2, 0.25) is 0 Å². The van der Waals surface area contributed by atoms with Gasteiger partial charge in [-0.1, -0.05) is 149 Å². The van der Waals surface area contributed by atoms with E-state index in [9.17, 15) is 9.59 Å². The van der Waals surface area contributed by atoms with Crippen molar-refractivity contribution in [1.82, 2.24) is 0 Å². The summed E-state index contributed by atoms with van der Waals surface area (Å²) < 4.78 is 0. The third-order valence-electron chi connectivity index (χ3n) is 6.24. The fourth-order valence-electron chi connectivity index (χ4n) is 4.06. The van der Waals surface area contributed by atoms with E-state index in [1.807, 2.05) is 0 Å². The molecule has 33 heavy (non-hydrogen) atoms. The molecule has 0 aromatic carbocycles. The summed E-state index contributed by atoms with van der Waals surface area (Å²) in [6.45, 7) is 4.50. The number of carbonyl (C=O) groups is 2. The molecule has 0 radical (unpaired) electrons. The third kappa shape index (κ3) is 38.5. The lowest BCUT2D eigenvalue weighted by Gasteiger charge is -2.02. The van der Waals surface area contributed by atoms with E-state index >= 15 is 0 Å². The summed E-state index contributed by atoms with van der Waals surface area (Å²) in [5, 5.41) is 16.9. The lowest BCUT2D eigenvalue weighted by molar-refractivity contribution is -0.138. The average molecular weight is 471 g/mol. The fourth-order valence-corrected chi connectivity index (χ4v) is 4.06. The van der Waals surface area contributed by atoms with Gasteiger partial charge in [-0.15, -0.1) is 0 Å². The molecule has 0 aliphatic rings. The second kappa shape index (κ2) is 30.9. The number of hydrogen-bond acceptors (Lipinski definition) is 2. The van der Waals surface area contributed by atoms with Crippen LogP contribution in [-0.2, 0) is 9.59 Å². The molecule has 0 aromatic rings. The van der Waals surface area contributed by atoms with Crippen molar-refractivity contribution in [3.05, 3.63) is 0 Å². The second-order valence-electron chi connectivity index (χ2n) is 9.71. The molecule has 0 aliphatic heterocycles. The van der Waals surface area contributed by atoms with Crippen LogP contribution in [-0.4, -0.2) is 22.2 Å². The molecule has 0 heterocycles. The third-order valence-corrected chi connectivity index (χ3v) is 6.24. The molecule has 0 spiro atoms. The number of unbranched alkanes of at least 4 members (excludes halogenated alkanes) is 21. The van der Waals surface area contributed by atoms with E-state index in [2.05, 4.69) is 13.8 Å². The van der Waals surface area contributed by atoms with Gasteiger partial charge >= 0.3 is 11.9 Å². The molecular formula is C29H58O4. The zero-order valence-electron chi connectivity index (χ0n) is 22.4. The SMILES string of the molecule is CCCCCCCCCCCCCC(=O)O.CCCCCCCCCCCCCCC(=O)O. The number of aliphatic carboxylic acids is 2. The molecule has 0 saturated carbocycles. The quantitative estimate of drug-likeness (QED) is 0.130. The summed E-state index contributed by atoms with van der Waals surface area (Å²) in [4.78, 5) is 20.5. The molecule has 0 unspecified atom stereocenters. The van der Waals surface area contributed by atoms with Crippen LogP contribution in [0, 0.1) is 0 Å². The highest BCUT2D eigenvalue weighted by Crippen LogP contribution is 2.13. The Morgan fingerprint density at radius 1 is 0.364 bits per heavy atom. The van der Waals surface area contributed by atoms with Gasteiger partial charge in [0.25, 0.3) is 0 Å². The Hall–Kier alpha value is -1.06. The Balaban J connectivity index is 0. The summed E-state index contributed by atoms with van der Waals surface area (Å²) >= 11 is 0. The summed E-state index contributed by atoms with van der Waals surface area (Å²) in [5.41, 5.74) is 0. The van der Waals surface area contributed by atoms with Crippen molar-refractivity contribution in [3.63, 3.8) is 0 Å². The van der Waals surface area contributed by atoms with Crippen molar-refractivity contribution in [3.8, 4) is 0 Å². The first kappa shape index (κ1) is 34.1. The second-order valence-corrected chi connectivity index (χ2v) is 9.71. The van der Waals surface area contributed by atoms with Gasteiger partial charge < -0.3 is 10.2 Å². The van der Waals surface area contributed by atoms with E-state index in [-0.39, 0.29) is 0 Å². The van der Waals surface area contributed by atoms with Gasteiger partial charge in [0.15, 0.2) is 0 Å². The Morgan fingerprint density at radius 2 is 0.545 bits per heavy atom. The van der Waals surface area contributed by atoms with E-state index in [1.165, 1.54) is 122 Å². The van der Waals surface area contributed by atoms with Crippen LogP contribution in [0.5, 0.6) is 0 Å². The van der Waals surface area contributed by atoms with Crippen LogP contribution in [0.3, 0.4) is 0 Å². The van der Waals surface area contributed by atoms with Crippen LogP contribution in [0.15, 0.2) is 0 Å². The molecule has 0 atom stereocenters. The van der Waals surface area contributed by atoms with E-state index in [4.69, 9.17) is 10.2 Å². The maximum absolute atomic E-state index is 10.3. The van der Waals surface area contributed by atoms with Crippen molar-refractivity contribution in [1.29, 1.82) is 0 Å². The van der Waals surface area contributed by atoms with Gasteiger partial charge in [0.2, 0.25) is 0 Å². The normalized spacial score (nSPS) is 10.6. The largest absolute Gasteiger partial charge is 0.481 e. The first-order valence-electron chi connectivity index (χ1n) is 14.5. The number of rotatable bonds is 25. The predicted octanol–water partition coefficient (Wildman–Crippen LogP) is 9.93. The van der Waals surface area contributed by atoms with E-state index < -0.39 is 11.9 Å². The highest BCUT2D eigenvalue weighted by molar-refractivity contribution is 5.66. The van der Waals surface area contributed by atoms with Crippen LogP contribution in [0.25, 0.3) is 0 Å². The topological polar surface area (TPSA) is 74.6 Å². The maximum atomic E-state index is 10.3. The Labute approximate surface area is 206 Å². The van der Waals surface area contributed by atoms with Gasteiger partial charge in [0, 0.05) is 12.8 Å². The minimum Gasteiger partial charge on any atom is -0.481 e. The van der Waals surface area contributed by atoms with Gasteiger partial charge in [-0.2, -0.15) is 0 Å². The lowest BCUT2D eigenvalue weighted by atomic mass is 10.0. The van der Waals surface area contributed by atoms with Gasteiger partial charge in [-0.25, -0.2) is 0 Å². The van der Waals surface area contributed by atoms with E-state index in [1.54, 1.807) is 0 Å². The summed E-state index contributed by atoms with van der Waals surface area (Å²) in [6, 6.07) is 0. The smallest absolute Gasteiger partial charge is 0.303 e. The molecule has 198 valence electrons. The summed E-state index contributed by atoms with van der Waals surface area (Å²) in [6.07, 6.45) is 30.2. The summed E-state index contributed by atoms with van der Waals surface area (Å²) in [5.74, 6) is -1.31. The number of hydrogen-bond donors (Lipinski definition) is 2. The Kier molecular flexibility index (Phi) is 32.0. The van der Waals surface area contributed by atoms with Crippen LogP contribution in [0.1, 0.15) is 174 Å². The monoisotopic (exact) mass is 470 g/mol. The van der Waals surface area contributed by atoms with Gasteiger partial charge in [0.05, 0.1) is 0 Å². The van der Waals surface area contributed by atoms with Crippen LogP contribution < -0.4 is 0 Å². The molecule has 0 saturated heterocycles. The van der Waals surface area contributed by atoms with E-state index in [0.717, 1.165) is 25.7 Å². The molecule has 4 heteroatoms. The molecule has 0 amide bonds. The first-order chi connectivity index (χ1) is 16.0.